The summed E-state index contributed by atoms with van der Waals surface area (Å²) in [5.41, 5.74) is 1.46. The predicted molar refractivity (Wildman–Crippen MR) is 69.4 cm³/mol. The van der Waals surface area contributed by atoms with Gasteiger partial charge in [0.15, 0.2) is 0 Å². The van der Waals surface area contributed by atoms with Crippen LogP contribution in [-0.4, -0.2) is 31.1 Å². The van der Waals surface area contributed by atoms with Gasteiger partial charge < -0.3 is 10.2 Å². The van der Waals surface area contributed by atoms with Crippen molar-refractivity contribution in [3.05, 3.63) is 20.8 Å². The fourth-order valence-corrected chi connectivity index (χ4v) is 4.22. The van der Waals surface area contributed by atoms with Gasteiger partial charge in [0.25, 0.3) is 0 Å². The summed E-state index contributed by atoms with van der Waals surface area (Å²) in [6.07, 6.45) is 3.73. The average molecular weight is 257 g/mol. The Hall–Kier alpha value is -0.0900. The fourth-order valence-electron chi connectivity index (χ4n) is 2.86. The number of fused-ring (bicyclic) bond motifs is 1. The van der Waals surface area contributed by atoms with Gasteiger partial charge in [-0.1, -0.05) is 11.6 Å². The van der Waals surface area contributed by atoms with Crippen molar-refractivity contribution in [1.82, 2.24) is 10.2 Å². The molecular formula is C12H17ClN2S. The number of aryl methyl sites for hydroxylation is 1. The zero-order valence-corrected chi connectivity index (χ0v) is 11.1. The lowest BCUT2D eigenvalue weighted by Crippen LogP contribution is -2.33. The molecule has 1 aromatic heterocycles. The van der Waals surface area contributed by atoms with E-state index in [-0.39, 0.29) is 0 Å². The van der Waals surface area contributed by atoms with Gasteiger partial charge in [-0.05, 0) is 44.5 Å². The van der Waals surface area contributed by atoms with Gasteiger partial charge in [0.2, 0.25) is 0 Å². The lowest BCUT2D eigenvalue weighted by atomic mass is 10.1. The Balaban J connectivity index is 1.68. The average Bonchev–Trinajstić information content (AvgIpc) is 2.86. The van der Waals surface area contributed by atoms with E-state index in [4.69, 9.17) is 11.6 Å². The normalized spacial score (nSPS) is 29.9. The third-order valence-electron chi connectivity index (χ3n) is 3.68. The molecule has 0 amide bonds. The van der Waals surface area contributed by atoms with Gasteiger partial charge in [-0.25, -0.2) is 0 Å². The molecule has 16 heavy (non-hydrogen) atoms. The number of halogens is 1. The summed E-state index contributed by atoms with van der Waals surface area (Å²) in [6.45, 7) is 2.41. The van der Waals surface area contributed by atoms with Crippen molar-refractivity contribution >= 4 is 22.9 Å². The lowest BCUT2D eigenvalue weighted by Gasteiger charge is -2.19. The number of hydrogen-bond acceptors (Lipinski definition) is 3. The number of rotatable bonds is 2. The van der Waals surface area contributed by atoms with Gasteiger partial charge in [0.1, 0.15) is 0 Å². The first-order valence-electron chi connectivity index (χ1n) is 5.95. The van der Waals surface area contributed by atoms with Crippen molar-refractivity contribution in [3.63, 3.8) is 0 Å². The van der Waals surface area contributed by atoms with Crippen molar-refractivity contribution in [2.24, 2.45) is 0 Å². The van der Waals surface area contributed by atoms with E-state index in [0.717, 1.165) is 4.34 Å². The number of hydrogen-bond donors (Lipinski definition) is 1. The van der Waals surface area contributed by atoms with E-state index >= 15 is 0 Å². The first-order valence-corrected chi connectivity index (χ1v) is 7.14. The maximum absolute atomic E-state index is 6.07. The quantitative estimate of drug-likeness (QED) is 0.875. The van der Waals surface area contributed by atoms with Crippen LogP contribution in [0.3, 0.4) is 0 Å². The predicted octanol–water partition coefficient (Wildman–Crippen LogP) is 2.68. The monoisotopic (exact) mass is 256 g/mol. The van der Waals surface area contributed by atoms with Crippen LogP contribution in [0.1, 0.15) is 29.3 Å². The summed E-state index contributed by atoms with van der Waals surface area (Å²) >= 11 is 7.82. The smallest absolute Gasteiger partial charge is 0.0934 e. The molecule has 1 fully saturated rings. The molecular weight excluding hydrogens is 240 g/mol. The molecule has 2 unspecified atom stereocenters. The Kier molecular flexibility index (Phi) is 2.96. The highest BCUT2D eigenvalue weighted by molar-refractivity contribution is 7.16. The van der Waals surface area contributed by atoms with E-state index in [1.54, 1.807) is 11.3 Å². The summed E-state index contributed by atoms with van der Waals surface area (Å²) in [6, 6.07) is 3.38. The van der Waals surface area contributed by atoms with E-state index in [1.165, 1.54) is 42.8 Å². The summed E-state index contributed by atoms with van der Waals surface area (Å²) in [4.78, 5) is 3.89. The second kappa shape index (κ2) is 4.30. The van der Waals surface area contributed by atoms with E-state index < -0.39 is 0 Å². The van der Waals surface area contributed by atoms with E-state index in [0.29, 0.717) is 12.1 Å². The standard InChI is InChI=1S/C12H17ClN2S/c1-15-5-4-8(7-15)14-10-2-3-11-9(10)6-12(13)16-11/h6,8,10,14H,2-5,7H2,1H3. The first-order chi connectivity index (χ1) is 7.72. The highest BCUT2D eigenvalue weighted by Gasteiger charge is 2.28. The minimum absolute atomic E-state index is 0.551. The van der Waals surface area contributed by atoms with Gasteiger partial charge in [-0.15, -0.1) is 11.3 Å². The third-order valence-corrected chi connectivity index (χ3v) is 5.02. The minimum atomic E-state index is 0.551. The largest absolute Gasteiger partial charge is 0.306 e. The van der Waals surface area contributed by atoms with E-state index in [9.17, 15) is 0 Å². The molecule has 0 bridgehead atoms. The van der Waals surface area contributed by atoms with Crippen molar-refractivity contribution in [2.45, 2.75) is 31.3 Å². The second-order valence-corrected chi connectivity index (χ2v) is 6.70. The molecule has 0 saturated carbocycles. The van der Waals surface area contributed by atoms with E-state index in [1.807, 2.05) is 0 Å². The van der Waals surface area contributed by atoms with Gasteiger partial charge >= 0.3 is 0 Å². The Bertz CT molecular complexity index is 390. The van der Waals surface area contributed by atoms with Gasteiger partial charge in [-0.3, -0.25) is 0 Å². The Morgan fingerprint density at radius 2 is 2.38 bits per heavy atom. The molecule has 3 rings (SSSR count). The van der Waals surface area contributed by atoms with Crippen LogP contribution in [0.15, 0.2) is 6.07 Å². The summed E-state index contributed by atoms with van der Waals surface area (Å²) in [5.74, 6) is 0. The molecule has 1 aliphatic carbocycles. The molecule has 88 valence electrons. The number of likely N-dealkylation sites (tertiary alicyclic amines) is 1. The summed E-state index contributed by atoms with van der Waals surface area (Å²) in [7, 11) is 2.20. The summed E-state index contributed by atoms with van der Waals surface area (Å²) in [5, 5.41) is 3.78. The first kappa shape index (κ1) is 11.0. The maximum Gasteiger partial charge on any atom is 0.0934 e. The Labute approximate surface area is 106 Å². The highest BCUT2D eigenvalue weighted by atomic mass is 35.5. The third kappa shape index (κ3) is 2.02. The second-order valence-electron chi connectivity index (χ2n) is 4.93. The van der Waals surface area contributed by atoms with Crippen molar-refractivity contribution in [1.29, 1.82) is 0 Å². The Morgan fingerprint density at radius 1 is 1.50 bits per heavy atom. The van der Waals surface area contributed by atoms with Crippen LogP contribution in [0, 0.1) is 0 Å². The van der Waals surface area contributed by atoms with Crippen LogP contribution < -0.4 is 5.32 Å². The number of nitrogens with zero attached hydrogens (tertiary/aromatic N) is 1. The van der Waals surface area contributed by atoms with Crippen LogP contribution >= 0.6 is 22.9 Å². The van der Waals surface area contributed by atoms with Crippen LogP contribution in [-0.2, 0) is 6.42 Å². The molecule has 2 atom stereocenters. The maximum atomic E-state index is 6.07. The molecule has 4 heteroatoms. The SMILES string of the molecule is CN1CCC(NC2CCc3sc(Cl)cc32)C1. The lowest BCUT2D eigenvalue weighted by molar-refractivity contribution is 0.381. The number of thiophene rings is 1. The van der Waals surface area contributed by atoms with Gasteiger partial charge in [-0.2, -0.15) is 0 Å². The number of nitrogens with one attached hydrogen (secondary N) is 1. The van der Waals surface area contributed by atoms with Gasteiger partial charge in [0, 0.05) is 23.5 Å². The van der Waals surface area contributed by atoms with Crippen molar-refractivity contribution in [3.8, 4) is 0 Å². The zero-order chi connectivity index (χ0) is 11.1. The Morgan fingerprint density at radius 3 is 3.12 bits per heavy atom. The topological polar surface area (TPSA) is 15.3 Å². The van der Waals surface area contributed by atoms with Crippen molar-refractivity contribution in [2.75, 3.05) is 20.1 Å². The molecule has 2 aliphatic rings. The molecule has 0 spiro atoms. The molecule has 1 aromatic rings. The van der Waals surface area contributed by atoms with Crippen molar-refractivity contribution < 1.29 is 0 Å². The molecule has 0 aromatic carbocycles. The minimum Gasteiger partial charge on any atom is -0.306 e. The van der Waals surface area contributed by atoms with Crippen LogP contribution in [0.5, 0.6) is 0 Å². The molecule has 1 saturated heterocycles. The van der Waals surface area contributed by atoms with Gasteiger partial charge in [0.05, 0.1) is 4.34 Å². The highest BCUT2D eigenvalue weighted by Crippen LogP contribution is 2.39. The van der Waals surface area contributed by atoms with Crippen LogP contribution in [0.4, 0.5) is 0 Å². The molecule has 2 nitrogen and oxygen atoms in total. The fraction of sp³-hybridized carbons (Fsp3) is 0.667. The summed E-state index contributed by atoms with van der Waals surface area (Å²) < 4.78 is 0.944. The number of likely N-dealkylation sites (N-methyl/N-ethyl adjacent to an activating group) is 1. The molecule has 0 radical (unpaired) electrons. The van der Waals surface area contributed by atoms with Crippen LogP contribution in [0.2, 0.25) is 4.34 Å². The molecule has 1 aliphatic heterocycles. The zero-order valence-electron chi connectivity index (χ0n) is 9.50. The molecule has 2 heterocycles. The van der Waals surface area contributed by atoms with Crippen LogP contribution in [0.25, 0.3) is 0 Å². The van der Waals surface area contributed by atoms with E-state index in [2.05, 4.69) is 23.3 Å². The molecule has 1 N–H and O–H groups in total.